The Morgan fingerprint density at radius 2 is 1.61 bits per heavy atom. The second kappa shape index (κ2) is 14.8. The molecule has 18 heavy (non-hydrogen) atoms. The lowest BCUT2D eigenvalue weighted by Crippen LogP contribution is -2.08. The van der Waals surface area contributed by atoms with Gasteiger partial charge in [-0.25, -0.2) is 4.79 Å². The molecule has 0 saturated heterocycles. The molecule has 0 fully saturated rings. The molecule has 0 spiro atoms. The fourth-order valence-corrected chi connectivity index (χ4v) is 2.57. The molecule has 0 rings (SSSR count). The molecule has 0 aromatic heterocycles. The van der Waals surface area contributed by atoms with Crippen LogP contribution in [0.2, 0.25) is 0 Å². The van der Waals surface area contributed by atoms with E-state index >= 15 is 0 Å². The number of ether oxygens (including phenoxy) is 1. The molecule has 0 aromatic rings. The van der Waals surface area contributed by atoms with E-state index in [-0.39, 0.29) is 6.61 Å². The van der Waals surface area contributed by atoms with Gasteiger partial charge in [0.05, 0.1) is 6.61 Å². The number of thioether (sulfide) groups is 1. The summed E-state index contributed by atoms with van der Waals surface area (Å²) in [4.78, 5) is 10.2. The van der Waals surface area contributed by atoms with Gasteiger partial charge < -0.3 is 9.84 Å². The van der Waals surface area contributed by atoms with E-state index in [1.165, 1.54) is 57.1 Å². The Morgan fingerprint density at radius 3 is 2.22 bits per heavy atom. The van der Waals surface area contributed by atoms with Crippen molar-refractivity contribution in [3.05, 3.63) is 0 Å². The summed E-state index contributed by atoms with van der Waals surface area (Å²) in [6.45, 7) is 2.63. The average molecular weight is 276 g/mol. The monoisotopic (exact) mass is 276 g/mol. The van der Waals surface area contributed by atoms with E-state index in [0.717, 1.165) is 5.75 Å². The second-order valence-corrected chi connectivity index (χ2v) is 5.76. The Balaban J connectivity index is 2.92. The summed E-state index contributed by atoms with van der Waals surface area (Å²) >= 11 is 1.86. The molecule has 0 aliphatic carbocycles. The summed E-state index contributed by atoms with van der Waals surface area (Å²) in [5.41, 5.74) is 0. The molecule has 0 amide bonds. The maximum absolute atomic E-state index is 10.2. The van der Waals surface area contributed by atoms with Crippen molar-refractivity contribution in [2.45, 2.75) is 58.3 Å². The molecule has 1 N–H and O–H groups in total. The lowest BCUT2D eigenvalue weighted by atomic mass is 10.1. The van der Waals surface area contributed by atoms with Crippen LogP contribution in [0.15, 0.2) is 0 Å². The molecule has 0 heterocycles. The summed E-state index contributed by atoms with van der Waals surface area (Å²) in [6.07, 6.45) is 10.8. The highest BCUT2D eigenvalue weighted by atomic mass is 32.2. The smallest absolute Gasteiger partial charge is 0.329 e. The molecule has 0 radical (unpaired) electrons. The third-order valence-corrected chi connectivity index (χ3v) is 3.77. The lowest BCUT2D eigenvalue weighted by Gasteiger charge is -2.03. The van der Waals surface area contributed by atoms with Crippen molar-refractivity contribution in [2.24, 2.45) is 0 Å². The molecule has 4 heteroatoms. The molecule has 108 valence electrons. The van der Waals surface area contributed by atoms with Gasteiger partial charge in [0.25, 0.3) is 0 Å². The van der Waals surface area contributed by atoms with Crippen molar-refractivity contribution in [3.8, 4) is 0 Å². The van der Waals surface area contributed by atoms with Crippen LogP contribution in [-0.4, -0.2) is 35.8 Å². The number of carboxylic acids is 1. The highest BCUT2D eigenvalue weighted by molar-refractivity contribution is 7.99. The molecule has 0 aliphatic rings. The SMILES string of the molecule is CCCCCCCCCCSCCOCC(=O)O. The Bertz CT molecular complexity index is 186. The summed E-state index contributed by atoms with van der Waals surface area (Å²) in [7, 11) is 0. The van der Waals surface area contributed by atoms with Gasteiger partial charge in [0.15, 0.2) is 0 Å². The zero-order chi connectivity index (χ0) is 13.5. The number of carbonyl (C=O) groups is 1. The maximum Gasteiger partial charge on any atom is 0.329 e. The standard InChI is InChI=1S/C14H28O3S/c1-2-3-4-5-6-7-8-9-11-18-12-10-17-13-14(15)16/h2-13H2,1H3,(H,15,16). The molecular weight excluding hydrogens is 248 g/mol. The number of hydrogen-bond acceptors (Lipinski definition) is 3. The molecule has 0 saturated carbocycles. The van der Waals surface area contributed by atoms with Crippen molar-refractivity contribution in [1.29, 1.82) is 0 Å². The van der Waals surface area contributed by atoms with Crippen molar-refractivity contribution < 1.29 is 14.6 Å². The first-order valence-corrected chi connectivity index (χ1v) is 8.30. The number of carboxylic acid groups (broad SMARTS) is 1. The topological polar surface area (TPSA) is 46.5 Å². The first kappa shape index (κ1) is 17.8. The summed E-state index contributed by atoms with van der Waals surface area (Å²) < 4.78 is 4.96. The third kappa shape index (κ3) is 15.8. The first-order valence-electron chi connectivity index (χ1n) is 7.14. The predicted molar refractivity (Wildman–Crippen MR) is 78.4 cm³/mol. The fraction of sp³-hybridized carbons (Fsp3) is 0.929. The highest BCUT2D eigenvalue weighted by Crippen LogP contribution is 2.11. The van der Waals surface area contributed by atoms with Gasteiger partial charge in [-0.05, 0) is 12.2 Å². The molecule has 0 bridgehead atoms. The van der Waals surface area contributed by atoms with Crippen LogP contribution in [0.5, 0.6) is 0 Å². The Labute approximate surface area is 116 Å². The minimum Gasteiger partial charge on any atom is -0.480 e. The van der Waals surface area contributed by atoms with Crippen LogP contribution in [0.1, 0.15) is 58.3 Å². The van der Waals surface area contributed by atoms with Crippen molar-refractivity contribution in [1.82, 2.24) is 0 Å². The minimum atomic E-state index is -0.886. The van der Waals surface area contributed by atoms with Crippen LogP contribution in [0.25, 0.3) is 0 Å². The first-order chi connectivity index (χ1) is 8.77. The van der Waals surface area contributed by atoms with E-state index in [4.69, 9.17) is 9.84 Å². The van der Waals surface area contributed by atoms with Gasteiger partial charge >= 0.3 is 5.97 Å². The van der Waals surface area contributed by atoms with Crippen LogP contribution in [0, 0.1) is 0 Å². The van der Waals surface area contributed by atoms with Crippen molar-refractivity contribution in [3.63, 3.8) is 0 Å². The van der Waals surface area contributed by atoms with Gasteiger partial charge in [-0.2, -0.15) is 11.8 Å². The van der Waals surface area contributed by atoms with Crippen molar-refractivity contribution in [2.75, 3.05) is 24.7 Å². The zero-order valence-corrected chi connectivity index (χ0v) is 12.5. The Kier molecular flexibility index (Phi) is 14.7. The molecular formula is C14H28O3S. The highest BCUT2D eigenvalue weighted by Gasteiger charge is 1.96. The quantitative estimate of drug-likeness (QED) is 0.488. The van der Waals surface area contributed by atoms with E-state index in [1.807, 2.05) is 11.8 Å². The van der Waals surface area contributed by atoms with E-state index in [0.29, 0.717) is 6.61 Å². The summed E-state index contributed by atoms with van der Waals surface area (Å²) in [6, 6.07) is 0. The molecule has 0 aliphatic heterocycles. The maximum atomic E-state index is 10.2. The van der Waals surface area contributed by atoms with E-state index in [2.05, 4.69) is 6.92 Å². The van der Waals surface area contributed by atoms with Crippen LogP contribution in [0.4, 0.5) is 0 Å². The van der Waals surface area contributed by atoms with E-state index in [1.54, 1.807) is 0 Å². The molecule has 3 nitrogen and oxygen atoms in total. The normalized spacial score (nSPS) is 10.7. The van der Waals surface area contributed by atoms with Crippen LogP contribution >= 0.6 is 11.8 Å². The van der Waals surface area contributed by atoms with Crippen LogP contribution in [0.3, 0.4) is 0 Å². The van der Waals surface area contributed by atoms with Crippen LogP contribution < -0.4 is 0 Å². The Morgan fingerprint density at radius 1 is 1.00 bits per heavy atom. The summed E-state index contributed by atoms with van der Waals surface area (Å²) in [5, 5.41) is 8.36. The van der Waals surface area contributed by atoms with Gasteiger partial charge in [0, 0.05) is 5.75 Å². The largest absolute Gasteiger partial charge is 0.480 e. The van der Waals surface area contributed by atoms with Crippen molar-refractivity contribution >= 4 is 17.7 Å². The van der Waals surface area contributed by atoms with Gasteiger partial charge in [0.1, 0.15) is 6.61 Å². The zero-order valence-electron chi connectivity index (χ0n) is 11.7. The molecule has 0 aromatic carbocycles. The predicted octanol–water partition coefficient (Wildman–Crippen LogP) is 3.96. The van der Waals surface area contributed by atoms with E-state index in [9.17, 15) is 4.79 Å². The van der Waals surface area contributed by atoms with E-state index < -0.39 is 5.97 Å². The number of hydrogen-bond donors (Lipinski definition) is 1. The lowest BCUT2D eigenvalue weighted by molar-refractivity contribution is -0.141. The van der Waals surface area contributed by atoms with Gasteiger partial charge in [-0.3, -0.25) is 0 Å². The number of aliphatic carboxylic acids is 1. The number of rotatable bonds is 14. The van der Waals surface area contributed by atoms with Gasteiger partial charge in [-0.1, -0.05) is 51.9 Å². The summed E-state index contributed by atoms with van der Waals surface area (Å²) in [5.74, 6) is 1.19. The number of unbranched alkanes of at least 4 members (excludes halogenated alkanes) is 7. The third-order valence-electron chi connectivity index (χ3n) is 2.74. The molecule has 0 unspecified atom stereocenters. The fourth-order valence-electron chi connectivity index (χ4n) is 1.72. The average Bonchev–Trinajstić information content (AvgIpc) is 2.34. The molecule has 0 atom stereocenters. The van der Waals surface area contributed by atoms with Gasteiger partial charge in [0.2, 0.25) is 0 Å². The second-order valence-electron chi connectivity index (χ2n) is 4.53. The minimum absolute atomic E-state index is 0.168. The van der Waals surface area contributed by atoms with Gasteiger partial charge in [-0.15, -0.1) is 0 Å². The van der Waals surface area contributed by atoms with Crippen LogP contribution in [-0.2, 0) is 9.53 Å². The Hall–Kier alpha value is -0.220.